The lowest BCUT2D eigenvalue weighted by Gasteiger charge is -2.29. The van der Waals surface area contributed by atoms with Gasteiger partial charge in [0.05, 0.1) is 25.1 Å². The first-order valence-electron chi connectivity index (χ1n) is 13.2. The fourth-order valence-electron chi connectivity index (χ4n) is 3.87. The quantitative estimate of drug-likeness (QED) is 0.110. The number of ether oxygens (including phenoxy) is 2. The summed E-state index contributed by atoms with van der Waals surface area (Å²) in [4.78, 5) is 30.1. The summed E-state index contributed by atoms with van der Waals surface area (Å²) >= 11 is 0. The molecule has 0 bridgehead atoms. The number of methoxy groups -OCH3 is 1. The number of oxazole rings is 1. The maximum absolute atomic E-state index is 12.4. The Morgan fingerprint density at radius 1 is 1.21 bits per heavy atom. The first-order chi connectivity index (χ1) is 18.7. The Balaban J connectivity index is 0.000000724. The van der Waals surface area contributed by atoms with Gasteiger partial charge in [-0.2, -0.15) is 0 Å². The lowest BCUT2D eigenvalue weighted by molar-refractivity contribution is -0.145. The predicted molar refractivity (Wildman–Crippen MR) is 157 cm³/mol. The van der Waals surface area contributed by atoms with E-state index in [1.807, 2.05) is 37.3 Å². The standard InChI is InChI=1S/C23H28N2O5.C9H16/c1-6-7-21(16(2)26)25(4)22(23(27)28-5)14-18-8-10-19(11-9-18)29-13-12-20-17(3)30-15-24-20;1-4-7-8-9(5-2)6-3/h6-11,15,22H,1,12-14H2,2-5H3;4-5H,1,6-8H2,2-3H3/b21-7-;9-5-. The van der Waals surface area contributed by atoms with Gasteiger partial charge in [0.15, 0.2) is 12.2 Å². The van der Waals surface area contributed by atoms with Crippen LogP contribution in [-0.2, 0) is 27.2 Å². The van der Waals surface area contributed by atoms with Crippen molar-refractivity contribution in [3.8, 4) is 5.75 Å². The monoisotopic (exact) mass is 536 g/mol. The Bertz CT molecular complexity index is 1110. The van der Waals surface area contributed by atoms with Gasteiger partial charge in [0.25, 0.3) is 0 Å². The highest BCUT2D eigenvalue weighted by Gasteiger charge is 2.27. The number of aryl methyl sites for hydroxylation is 1. The SMILES string of the molecule is C=C/C=C(/C(C)=O)N(C)C(Cc1ccc(OCCc2ncoc2C)cc1)C(=O)OC.C=CCC/C(=C\C)CC. The fourth-order valence-corrected chi connectivity index (χ4v) is 3.87. The van der Waals surface area contributed by atoms with Crippen LogP contribution in [0, 0.1) is 6.92 Å². The molecule has 0 spiro atoms. The molecular formula is C32H44N2O5. The maximum atomic E-state index is 12.4. The Kier molecular flexibility index (Phi) is 15.6. The number of hydrogen-bond donors (Lipinski definition) is 0. The summed E-state index contributed by atoms with van der Waals surface area (Å²) < 4.78 is 15.9. The van der Waals surface area contributed by atoms with Crippen molar-refractivity contribution in [2.24, 2.45) is 0 Å². The van der Waals surface area contributed by atoms with E-state index in [1.54, 1.807) is 18.0 Å². The topological polar surface area (TPSA) is 81.9 Å². The molecule has 2 rings (SSSR count). The molecule has 1 heterocycles. The van der Waals surface area contributed by atoms with E-state index in [1.165, 1.54) is 44.9 Å². The number of rotatable bonds is 15. The van der Waals surface area contributed by atoms with Crippen LogP contribution in [0.3, 0.4) is 0 Å². The molecule has 0 aliphatic carbocycles. The minimum atomic E-state index is -0.646. The first kappa shape index (κ1) is 33.2. The number of esters is 1. The fraction of sp³-hybridized carbons (Fsp3) is 0.406. The second-order valence-corrected chi connectivity index (χ2v) is 8.92. The first-order valence-corrected chi connectivity index (χ1v) is 13.2. The van der Waals surface area contributed by atoms with E-state index < -0.39 is 12.0 Å². The smallest absolute Gasteiger partial charge is 0.328 e. The number of hydrogen-bond acceptors (Lipinski definition) is 7. The molecule has 0 saturated carbocycles. The normalized spacial score (nSPS) is 12.1. The Morgan fingerprint density at radius 2 is 1.90 bits per heavy atom. The van der Waals surface area contributed by atoms with Gasteiger partial charge < -0.3 is 18.8 Å². The van der Waals surface area contributed by atoms with Crippen LogP contribution >= 0.6 is 0 Å². The van der Waals surface area contributed by atoms with Gasteiger partial charge in [-0.15, -0.1) is 6.58 Å². The summed E-state index contributed by atoms with van der Waals surface area (Å²) in [6, 6.07) is 6.85. The van der Waals surface area contributed by atoms with E-state index in [-0.39, 0.29) is 5.78 Å². The third kappa shape index (κ3) is 11.6. The van der Waals surface area contributed by atoms with Gasteiger partial charge in [-0.25, -0.2) is 9.78 Å². The molecule has 0 aliphatic rings. The van der Waals surface area contributed by atoms with Crippen LogP contribution in [0.25, 0.3) is 0 Å². The van der Waals surface area contributed by atoms with Gasteiger partial charge >= 0.3 is 5.97 Å². The number of aromatic nitrogens is 1. The Hall–Kier alpha value is -3.87. The van der Waals surface area contributed by atoms with E-state index in [4.69, 9.17) is 13.9 Å². The Labute approximate surface area is 233 Å². The van der Waals surface area contributed by atoms with Crippen molar-refractivity contribution < 1.29 is 23.5 Å². The van der Waals surface area contributed by atoms with Crippen molar-refractivity contribution in [3.63, 3.8) is 0 Å². The van der Waals surface area contributed by atoms with Crippen LogP contribution in [0.4, 0.5) is 0 Å². The van der Waals surface area contributed by atoms with Gasteiger partial charge in [-0.3, -0.25) is 4.79 Å². The van der Waals surface area contributed by atoms with E-state index >= 15 is 0 Å². The number of likely N-dealkylation sites (N-methyl/N-ethyl adjacent to an activating group) is 1. The number of ketones is 1. The average molecular weight is 537 g/mol. The predicted octanol–water partition coefficient (Wildman–Crippen LogP) is 6.59. The number of benzene rings is 1. The van der Waals surface area contributed by atoms with Crippen molar-refractivity contribution in [2.75, 3.05) is 20.8 Å². The highest BCUT2D eigenvalue weighted by Crippen LogP contribution is 2.19. The molecule has 212 valence electrons. The molecule has 1 unspecified atom stereocenters. The molecule has 0 amide bonds. The zero-order valence-corrected chi connectivity index (χ0v) is 24.4. The van der Waals surface area contributed by atoms with Crippen molar-refractivity contribution >= 4 is 11.8 Å². The molecule has 1 aromatic carbocycles. The molecule has 0 saturated heterocycles. The van der Waals surface area contributed by atoms with E-state index in [0.717, 1.165) is 29.2 Å². The van der Waals surface area contributed by atoms with E-state index in [2.05, 4.69) is 38.1 Å². The number of carbonyl (C=O) groups excluding carboxylic acids is 2. The average Bonchev–Trinajstić information content (AvgIpc) is 3.35. The number of carbonyl (C=O) groups is 2. The number of allylic oxidation sites excluding steroid dienone is 6. The van der Waals surface area contributed by atoms with Crippen molar-refractivity contribution in [3.05, 3.63) is 96.4 Å². The van der Waals surface area contributed by atoms with Gasteiger partial charge in [-0.05, 0) is 56.9 Å². The molecular weight excluding hydrogens is 492 g/mol. The van der Waals surface area contributed by atoms with Crippen molar-refractivity contribution in [1.82, 2.24) is 9.88 Å². The molecule has 7 nitrogen and oxygen atoms in total. The van der Waals surface area contributed by atoms with Crippen LogP contribution < -0.4 is 4.74 Å². The summed E-state index contributed by atoms with van der Waals surface area (Å²) in [6.07, 6.45) is 13.2. The molecule has 0 fully saturated rings. The van der Waals surface area contributed by atoms with Crippen LogP contribution in [0.1, 0.15) is 57.1 Å². The summed E-state index contributed by atoms with van der Waals surface area (Å²) in [5, 5.41) is 0. The number of nitrogens with zero attached hydrogens (tertiary/aromatic N) is 2. The van der Waals surface area contributed by atoms with Gasteiger partial charge in [0, 0.05) is 26.8 Å². The number of Topliss-reactive ketones (excluding diaryl/α,β-unsaturated/α-hetero) is 1. The van der Waals surface area contributed by atoms with Gasteiger partial charge in [0.2, 0.25) is 0 Å². The van der Waals surface area contributed by atoms with Crippen molar-refractivity contribution in [2.45, 2.75) is 65.8 Å². The van der Waals surface area contributed by atoms with Gasteiger partial charge in [-0.1, -0.05) is 49.4 Å². The molecule has 0 N–H and O–H groups in total. The summed E-state index contributed by atoms with van der Waals surface area (Å²) in [5.41, 5.74) is 3.72. The summed E-state index contributed by atoms with van der Waals surface area (Å²) in [7, 11) is 3.03. The molecule has 7 heteroatoms. The second kappa shape index (κ2) is 18.4. The highest BCUT2D eigenvalue weighted by atomic mass is 16.5. The molecule has 39 heavy (non-hydrogen) atoms. The third-order valence-corrected chi connectivity index (χ3v) is 6.29. The van der Waals surface area contributed by atoms with E-state index in [9.17, 15) is 9.59 Å². The summed E-state index contributed by atoms with van der Waals surface area (Å²) in [6.45, 7) is 15.4. The third-order valence-electron chi connectivity index (χ3n) is 6.29. The van der Waals surface area contributed by atoms with Gasteiger partial charge in [0.1, 0.15) is 17.6 Å². The molecule has 2 aromatic rings. The molecule has 1 aromatic heterocycles. The molecule has 1 atom stereocenters. The zero-order chi connectivity index (χ0) is 29.2. The molecule has 0 aliphatic heterocycles. The minimum absolute atomic E-state index is 0.155. The lowest BCUT2D eigenvalue weighted by Crippen LogP contribution is -2.41. The highest BCUT2D eigenvalue weighted by molar-refractivity contribution is 5.93. The van der Waals surface area contributed by atoms with E-state index in [0.29, 0.717) is 25.1 Å². The molecule has 0 radical (unpaired) electrons. The zero-order valence-electron chi connectivity index (χ0n) is 24.4. The second-order valence-electron chi connectivity index (χ2n) is 8.92. The summed E-state index contributed by atoms with van der Waals surface area (Å²) in [5.74, 6) is 0.940. The minimum Gasteiger partial charge on any atom is -0.493 e. The van der Waals surface area contributed by atoms with Crippen LogP contribution in [-0.4, -0.2) is 48.4 Å². The van der Waals surface area contributed by atoms with Crippen molar-refractivity contribution in [1.29, 1.82) is 0 Å². The van der Waals surface area contributed by atoms with Crippen LogP contribution in [0.5, 0.6) is 5.75 Å². The van der Waals surface area contributed by atoms with Crippen LogP contribution in [0.2, 0.25) is 0 Å². The maximum Gasteiger partial charge on any atom is 0.328 e. The largest absolute Gasteiger partial charge is 0.493 e. The Morgan fingerprint density at radius 3 is 2.38 bits per heavy atom. The lowest BCUT2D eigenvalue weighted by atomic mass is 10.0. The van der Waals surface area contributed by atoms with Crippen LogP contribution in [0.15, 0.2) is 83.8 Å².